The smallest absolute Gasteiger partial charge is 0.311 e. The number of hydrogen-bond donors (Lipinski definition) is 0. The molecule has 11 nitrogen and oxygen atoms in total. The van der Waals surface area contributed by atoms with Gasteiger partial charge in [-0.3, -0.25) is 8.98 Å². The SMILES string of the molecule is C=CCc1c([C@@H](C=C)[C@@H]2O[C@H](c3ccccc3)O[C@]2(COC(=O)C(C)(C)C)C[C@H](C)OS(C)(=O)=O)ccc(OS(C)(=O)=O)c1OCC. The van der Waals surface area contributed by atoms with E-state index >= 15 is 0 Å². The highest BCUT2D eigenvalue weighted by Crippen LogP contribution is 2.50. The average Bonchev–Trinajstić information content (AvgIpc) is 3.31. The maximum absolute atomic E-state index is 13.1. The van der Waals surface area contributed by atoms with E-state index in [1.165, 1.54) is 6.07 Å². The molecule has 2 aromatic carbocycles. The summed E-state index contributed by atoms with van der Waals surface area (Å²) in [7, 11) is -7.77. The molecule has 0 bridgehead atoms. The number of allylic oxidation sites excluding steroid dienone is 1. The number of carbonyl (C=O) groups is 1. The molecule has 0 saturated carbocycles. The molecule has 0 radical (unpaired) electrons. The van der Waals surface area contributed by atoms with Crippen molar-refractivity contribution in [1.29, 1.82) is 0 Å². The molecule has 5 atom stereocenters. The highest BCUT2D eigenvalue weighted by Gasteiger charge is 2.55. The molecule has 13 heteroatoms. The maximum atomic E-state index is 13.1. The van der Waals surface area contributed by atoms with Crippen molar-refractivity contribution in [1.82, 2.24) is 0 Å². The summed E-state index contributed by atoms with van der Waals surface area (Å²) in [4.78, 5) is 13.1. The highest BCUT2D eigenvalue weighted by atomic mass is 32.2. The first kappa shape index (κ1) is 38.2. The Labute approximate surface area is 279 Å². The number of hydrogen-bond acceptors (Lipinski definition) is 11. The summed E-state index contributed by atoms with van der Waals surface area (Å²) >= 11 is 0. The fourth-order valence-electron chi connectivity index (χ4n) is 5.53. The second-order valence-electron chi connectivity index (χ2n) is 12.6. The van der Waals surface area contributed by atoms with E-state index in [-0.39, 0.29) is 37.6 Å². The van der Waals surface area contributed by atoms with E-state index in [2.05, 4.69) is 13.2 Å². The minimum absolute atomic E-state index is 0.00376. The predicted molar refractivity (Wildman–Crippen MR) is 178 cm³/mol. The average molecular weight is 695 g/mol. The number of esters is 1. The molecule has 1 heterocycles. The normalized spacial score (nSPS) is 21.4. The molecule has 1 fully saturated rings. The molecule has 1 aliphatic rings. The Hall–Kier alpha value is -3.23. The van der Waals surface area contributed by atoms with Crippen LogP contribution >= 0.6 is 0 Å². The van der Waals surface area contributed by atoms with Crippen molar-refractivity contribution in [2.24, 2.45) is 5.41 Å². The Bertz CT molecular complexity index is 1630. The Kier molecular flexibility index (Phi) is 12.5. The van der Waals surface area contributed by atoms with Crippen LogP contribution in [0.5, 0.6) is 11.5 Å². The van der Waals surface area contributed by atoms with Crippen LogP contribution in [0.15, 0.2) is 67.8 Å². The van der Waals surface area contributed by atoms with Crippen molar-refractivity contribution in [2.45, 2.75) is 77.5 Å². The van der Waals surface area contributed by atoms with E-state index in [1.54, 1.807) is 52.8 Å². The number of ether oxygens (including phenoxy) is 4. The van der Waals surface area contributed by atoms with Crippen molar-refractivity contribution in [2.75, 3.05) is 25.7 Å². The molecular formula is C34H46O11S2. The van der Waals surface area contributed by atoms with Gasteiger partial charge in [-0.15, -0.1) is 13.2 Å². The molecular weight excluding hydrogens is 648 g/mol. The second kappa shape index (κ2) is 15.3. The zero-order valence-corrected chi connectivity index (χ0v) is 29.7. The van der Waals surface area contributed by atoms with E-state index in [1.807, 2.05) is 30.3 Å². The standard InChI is InChI=1S/C34H46O11S2/c1-10-16-27-26(19-20-28(29(27)40-12-3)45-47(9,38)39)25(11-2)30-34(21-23(4)44-46(8,36)37,22-41-32(35)33(5,6)7)43-31(42-30)24-17-14-13-15-18-24/h10-11,13-15,17-20,23,25,30-31H,1-2,12,16,21-22H2,3-9H3/t23-,25+,30-,31-,34-/m0/s1. The Morgan fingerprint density at radius 2 is 1.70 bits per heavy atom. The Balaban J connectivity index is 2.28. The lowest BCUT2D eigenvalue weighted by Gasteiger charge is -2.38. The van der Waals surface area contributed by atoms with Gasteiger partial charge in [0.15, 0.2) is 17.8 Å². The lowest BCUT2D eigenvalue weighted by molar-refractivity contribution is -0.168. The van der Waals surface area contributed by atoms with Crippen LogP contribution < -0.4 is 8.92 Å². The molecule has 47 heavy (non-hydrogen) atoms. The number of rotatable bonds is 16. The first-order chi connectivity index (χ1) is 21.8. The van der Waals surface area contributed by atoms with Gasteiger partial charge in [0, 0.05) is 23.5 Å². The molecule has 0 N–H and O–H groups in total. The molecule has 2 aromatic rings. The molecule has 1 saturated heterocycles. The molecule has 0 spiro atoms. The lowest BCUT2D eigenvalue weighted by atomic mass is 9.78. The summed E-state index contributed by atoms with van der Waals surface area (Å²) in [5.74, 6) is -0.977. The molecule has 0 aliphatic carbocycles. The van der Waals surface area contributed by atoms with Crippen LogP contribution in [0.3, 0.4) is 0 Å². The van der Waals surface area contributed by atoms with Gasteiger partial charge in [-0.25, -0.2) is 0 Å². The van der Waals surface area contributed by atoms with E-state index in [4.69, 9.17) is 27.3 Å². The van der Waals surface area contributed by atoms with Gasteiger partial charge in [-0.2, -0.15) is 16.8 Å². The quantitative estimate of drug-likeness (QED) is 0.123. The van der Waals surface area contributed by atoms with Gasteiger partial charge >= 0.3 is 16.1 Å². The minimum atomic E-state index is -3.90. The van der Waals surface area contributed by atoms with Gasteiger partial charge < -0.3 is 23.1 Å². The summed E-state index contributed by atoms with van der Waals surface area (Å²) in [5, 5.41) is 0. The monoisotopic (exact) mass is 694 g/mol. The van der Waals surface area contributed by atoms with Crippen LogP contribution in [0.25, 0.3) is 0 Å². The fourth-order valence-corrected chi connectivity index (χ4v) is 6.65. The minimum Gasteiger partial charge on any atom is -0.490 e. The van der Waals surface area contributed by atoms with E-state index in [0.717, 1.165) is 12.5 Å². The molecule has 1 aliphatic heterocycles. The number of carbonyl (C=O) groups excluding carboxylic acids is 1. The van der Waals surface area contributed by atoms with Crippen LogP contribution in [0, 0.1) is 5.41 Å². The van der Waals surface area contributed by atoms with Crippen molar-refractivity contribution in [3.8, 4) is 11.5 Å². The molecule has 0 aromatic heterocycles. The summed E-state index contributed by atoms with van der Waals surface area (Å²) in [6, 6.07) is 12.3. The van der Waals surface area contributed by atoms with E-state index < -0.39 is 61.6 Å². The van der Waals surface area contributed by atoms with Crippen molar-refractivity contribution < 1.29 is 48.9 Å². The summed E-state index contributed by atoms with van der Waals surface area (Å²) in [5.41, 5.74) is -0.417. The van der Waals surface area contributed by atoms with Crippen LogP contribution in [0.1, 0.15) is 69.9 Å². The Morgan fingerprint density at radius 3 is 2.23 bits per heavy atom. The summed E-state index contributed by atoms with van der Waals surface area (Å²) < 4.78 is 84.4. The first-order valence-electron chi connectivity index (χ1n) is 15.2. The van der Waals surface area contributed by atoms with Gasteiger partial charge in [-0.1, -0.05) is 48.6 Å². The van der Waals surface area contributed by atoms with Crippen molar-refractivity contribution >= 4 is 26.2 Å². The zero-order chi connectivity index (χ0) is 35.2. The highest BCUT2D eigenvalue weighted by molar-refractivity contribution is 7.86. The second-order valence-corrected chi connectivity index (χ2v) is 15.7. The number of benzene rings is 2. The van der Waals surface area contributed by atoms with Gasteiger partial charge in [0.05, 0.1) is 30.6 Å². The van der Waals surface area contributed by atoms with E-state index in [9.17, 15) is 21.6 Å². The molecule has 3 rings (SSSR count). The third-order valence-corrected chi connectivity index (χ3v) is 8.47. The van der Waals surface area contributed by atoms with Crippen molar-refractivity contribution in [3.63, 3.8) is 0 Å². The molecule has 0 unspecified atom stereocenters. The van der Waals surface area contributed by atoms with Crippen LogP contribution in [0.4, 0.5) is 0 Å². The topological polar surface area (TPSA) is 141 Å². The van der Waals surface area contributed by atoms with Gasteiger partial charge in [0.2, 0.25) is 0 Å². The molecule has 260 valence electrons. The summed E-state index contributed by atoms with van der Waals surface area (Å²) in [6.07, 6.45) is 2.61. The van der Waals surface area contributed by atoms with Crippen molar-refractivity contribution in [3.05, 3.63) is 84.5 Å². The lowest BCUT2D eigenvalue weighted by Crippen LogP contribution is -2.50. The molecule has 0 amide bonds. The van der Waals surface area contributed by atoms with E-state index in [0.29, 0.717) is 16.7 Å². The van der Waals surface area contributed by atoms with Gasteiger partial charge in [0.1, 0.15) is 18.3 Å². The third kappa shape index (κ3) is 10.1. The third-order valence-electron chi connectivity index (χ3n) is 7.31. The largest absolute Gasteiger partial charge is 0.490 e. The predicted octanol–water partition coefficient (Wildman–Crippen LogP) is 5.62. The van der Waals surface area contributed by atoms with Crippen LogP contribution in [0.2, 0.25) is 0 Å². The zero-order valence-electron chi connectivity index (χ0n) is 28.1. The van der Waals surface area contributed by atoms with Crippen LogP contribution in [-0.2, 0) is 49.8 Å². The first-order valence-corrected chi connectivity index (χ1v) is 18.8. The summed E-state index contributed by atoms with van der Waals surface area (Å²) in [6.45, 7) is 16.4. The fraction of sp³-hybridized carbons (Fsp3) is 0.500. The van der Waals surface area contributed by atoms with Gasteiger partial charge in [-0.05, 0) is 52.7 Å². The Morgan fingerprint density at radius 1 is 1.04 bits per heavy atom. The van der Waals surface area contributed by atoms with Gasteiger partial charge in [0.25, 0.3) is 10.1 Å². The maximum Gasteiger partial charge on any atom is 0.311 e. The van der Waals surface area contributed by atoms with Crippen LogP contribution in [-0.4, -0.2) is 66.3 Å².